The zero-order valence-electron chi connectivity index (χ0n) is 20.4. The number of anilines is 2. The Morgan fingerprint density at radius 2 is 1.95 bits per heavy atom. The molecular weight excluding hydrogens is 519 g/mol. The molecule has 198 valence electrons. The number of nitrogens with one attached hydrogen (secondary N) is 1. The lowest BCUT2D eigenvalue weighted by Crippen LogP contribution is -2.55. The standard InChI is InChI=1S/C26H24F3N5O3S/c1-38(35,36)18-7-5-16(6-8-18)13-33-14-17-15-37-10-9-34(17)25-22(33)12-30-24(32-25)19-3-2-4-21-20(19)11-23(31-21)26(27,28)29/h2-8,11-12,17,31H,9-10,13-15H2,1H3. The van der Waals surface area contributed by atoms with E-state index >= 15 is 0 Å². The third-order valence-electron chi connectivity index (χ3n) is 6.96. The highest BCUT2D eigenvalue weighted by Crippen LogP contribution is 2.39. The molecule has 1 fully saturated rings. The Bertz CT molecular complexity index is 1620. The molecule has 4 aromatic rings. The Kier molecular flexibility index (Phi) is 5.84. The number of fused-ring (bicyclic) bond motifs is 4. The molecule has 4 heterocycles. The van der Waals surface area contributed by atoms with Crippen LogP contribution in [0.25, 0.3) is 22.3 Å². The summed E-state index contributed by atoms with van der Waals surface area (Å²) in [5, 5.41) is 0.400. The molecule has 2 aromatic carbocycles. The maximum absolute atomic E-state index is 13.4. The van der Waals surface area contributed by atoms with Crippen molar-refractivity contribution in [3.05, 3.63) is 66.0 Å². The second kappa shape index (κ2) is 8.98. The van der Waals surface area contributed by atoms with E-state index in [4.69, 9.17) is 9.72 Å². The molecule has 1 N–H and O–H groups in total. The highest BCUT2D eigenvalue weighted by Gasteiger charge is 2.36. The summed E-state index contributed by atoms with van der Waals surface area (Å²) in [6.07, 6.45) is -1.61. The number of nitrogens with zero attached hydrogens (tertiary/aromatic N) is 4. The first-order valence-electron chi connectivity index (χ1n) is 12.0. The first-order chi connectivity index (χ1) is 18.1. The van der Waals surface area contributed by atoms with Gasteiger partial charge in [0.2, 0.25) is 0 Å². The van der Waals surface area contributed by atoms with Gasteiger partial charge in [0, 0.05) is 42.4 Å². The van der Waals surface area contributed by atoms with Crippen LogP contribution in [0.3, 0.4) is 0 Å². The average molecular weight is 544 g/mol. The predicted molar refractivity (Wildman–Crippen MR) is 137 cm³/mol. The number of morpholine rings is 1. The molecule has 0 aliphatic carbocycles. The highest BCUT2D eigenvalue weighted by molar-refractivity contribution is 7.90. The van der Waals surface area contributed by atoms with Crippen LogP contribution in [-0.4, -0.2) is 62.0 Å². The predicted octanol–water partition coefficient (Wildman–Crippen LogP) is 4.27. The Labute approximate surface area is 217 Å². The first kappa shape index (κ1) is 24.7. The van der Waals surface area contributed by atoms with E-state index in [1.807, 2.05) is 0 Å². The van der Waals surface area contributed by atoms with E-state index in [1.54, 1.807) is 48.7 Å². The second-order valence-corrected chi connectivity index (χ2v) is 11.6. The van der Waals surface area contributed by atoms with Crippen LogP contribution in [0.1, 0.15) is 11.3 Å². The monoisotopic (exact) mass is 543 g/mol. The molecule has 0 spiro atoms. The topological polar surface area (TPSA) is 91.4 Å². The van der Waals surface area contributed by atoms with Gasteiger partial charge < -0.3 is 19.5 Å². The highest BCUT2D eigenvalue weighted by atomic mass is 32.2. The van der Waals surface area contributed by atoms with E-state index in [2.05, 4.69) is 19.8 Å². The van der Waals surface area contributed by atoms with Crippen molar-refractivity contribution in [3.8, 4) is 11.4 Å². The summed E-state index contributed by atoms with van der Waals surface area (Å²) < 4.78 is 69.5. The normalized spacial score (nSPS) is 17.9. The van der Waals surface area contributed by atoms with E-state index in [0.717, 1.165) is 17.3 Å². The molecule has 2 aliphatic heterocycles. The van der Waals surface area contributed by atoms with Crippen molar-refractivity contribution in [1.82, 2.24) is 15.0 Å². The number of aromatic amines is 1. The summed E-state index contributed by atoms with van der Waals surface area (Å²) in [7, 11) is -3.29. The maximum atomic E-state index is 13.4. The summed E-state index contributed by atoms with van der Waals surface area (Å²) in [5.74, 6) is 1.04. The fraction of sp³-hybridized carbons (Fsp3) is 0.308. The van der Waals surface area contributed by atoms with E-state index in [1.165, 1.54) is 6.26 Å². The largest absolute Gasteiger partial charge is 0.431 e. The Balaban J connectivity index is 1.39. The smallest absolute Gasteiger partial charge is 0.377 e. The van der Waals surface area contributed by atoms with Crippen molar-refractivity contribution in [2.75, 3.05) is 42.4 Å². The molecule has 1 atom stereocenters. The van der Waals surface area contributed by atoms with Gasteiger partial charge in [-0.2, -0.15) is 13.2 Å². The fourth-order valence-electron chi connectivity index (χ4n) is 5.08. The number of alkyl halides is 3. The molecule has 2 aromatic heterocycles. The lowest BCUT2D eigenvalue weighted by molar-refractivity contribution is -0.140. The molecule has 6 rings (SSSR count). The Morgan fingerprint density at radius 1 is 1.16 bits per heavy atom. The van der Waals surface area contributed by atoms with Gasteiger partial charge in [-0.25, -0.2) is 18.4 Å². The van der Waals surface area contributed by atoms with Crippen molar-refractivity contribution < 1.29 is 26.3 Å². The van der Waals surface area contributed by atoms with E-state index < -0.39 is 21.7 Å². The van der Waals surface area contributed by atoms with Crippen molar-refractivity contribution in [3.63, 3.8) is 0 Å². The van der Waals surface area contributed by atoms with Gasteiger partial charge in [0.25, 0.3) is 0 Å². The molecule has 12 heteroatoms. The number of hydrogen-bond acceptors (Lipinski definition) is 7. The molecule has 0 saturated carbocycles. The van der Waals surface area contributed by atoms with Gasteiger partial charge in [-0.3, -0.25) is 0 Å². The quantitative estimate of drug-likeness (QED) is 0.411. The van der Waals surface area contributed by atoms with Crippen molar-refractivity contribution in [2.24, 2.45) is 0 Å². The zero-order valence-corrected chi connectivity index (χ0v) is 21.2. The van der Waals surface area contributed by atoms with Crippen LogP contribution in [0.4, 0.5) is 24.7 Å². The van der Waals surface area contributed by atoms with Crippen molar-refractivity contribution in [2.45, 2.75) is 23.7 Å². The van der Waals surface area contributed by atoms with Gasteiger partial charge >= 0.3 is 6.18 Å². The van der Waals surface area contributed by atoms with E-state index in [0.29, 0.717) is 61.0 Å². The molecule has 0 bridgehead atoms. The lowest BCUT2D eigenvalue weighted by Gasteiger charge is -2.45. The van der Waals surface area contributed by atoms with E-state index in [9.17, 15) is 21.6 Å². The van der Waals surface area contributed by atoms with Gasteiger partial charge in [-0.05, 0) is 29.8 Å². The third-order valence-corrected chi connectivity index (χ3v) is 8.09. The van der Waals surface area contributed by atoms with Gasteiger partial charge in [0.1, 0.15) is 5.69 Å². The minimum atomic E-state index is -4.49. The minimum Gasteiger partial charge on any atom is -0.377 e. The summed E-state index contributed by atoms with van der Waals surface area (Å²) >= 11 is 0. The average Bonchev–Trinajstić information content (AvgIpc) is 3.34. The summed E-state index contributed by atoms with van der Waals surface area (Å²) in [6, 6.07) is 12.9. The van der Waals surface area contributed by atoms with Crippen LogP contribution in [0.2, 0.25) is 0 Å². The number of ether oxygens (including phenoxy) is 1. The summed E-state index contributed by atoms with van der Waals surface area (Å²) in [4.78, 5) is 16.5. The molecule has 1 saturated heterocycles. The van der Waals surface area contributed by atoms with Crippen LogP contribution < -0.4 is 9.80 Å². The van der Waals surface area contributed by atoms with Crippen molar-refractivity contribution in [1.29, 1.82) is 0 Å². The van der Waals surface area contributed by atoms with Gasteiger partial charge in [-0.1, -0.05) is 24.3 Å². The molecule has 0 amide bonds. The number of sulfone groups is 1. The number of aromatic nitrogens is 3. The number of benzene rings is 2. The number of rotatable bonds is 4. The summed E-state index contributed by atoms with van der Waals surface area (Å²) in [5.41, 5.74) is 1.78. The molecule has 1 unspecified atom stereocenters. The fourth-order valence-corrected chi connectivity index (χ4v) is 5.71. The van der Waals surface area contributed by atoms with Crippen LogP contribution in [0, 0.1) is 0 Å². The van der Waals surface area contributed by atoms with Crippen LogP contribution in [0.15, 0.2) is 59.6 Å². The molecule has 0 radical (unpaired) electrons. The molecular formula is C26H24F3N5O3S. The van der Waals surface area contributed by atoms with Gasteiger partial charge in [0.05, 0.1) is 36.0 Å². The Morgan fingerprint density at radius 3 is 2.68 bits per heavy atom. The third kappa shape index (κ3) is 4.47. The number of hydrogen-bond donors (Lipinski definition) is 1. The molecule has 38 heavy (non-hydrogen) atoms. The zero-order chi connectivity index (χ0) is 26.7. The van der Waals surface area contributed by atoms with Gasteiger partial charge in [-0.15, -0.1) is 0 Å². The first-order valence-corrected chi connectivity index (χ1v) is 13.9. The van der Waals surface area contributed by atoms with Crippen LogP contribution in [0.5, 0.6) is 0 Å². The molecule has 2 aliphatic rings. The minimum absolute atomic E-state index is 0.0363. The Hall–Kier alpha value is -3.64. The van der Waals surface area contributed by atoms with Crippen molar-refractivity contribution >= 4 is 32.2 Å². The lowest BCUT2D eigenvalue weighted by atomic mass is 10.1. The van der Waals surface area contributed by atoms with E-state index in [-0.39, 0.29) is 10.9 Å². The van der Waals surface area contributed by atoms with Crippen LogP contribution >= 0.6 is 0 Å². The number of halogens is 3. The number of H-pyrrole nitrogens is 1. The van der Waals surface area contributed by atoms with Crippen LogP contribution in [-0.2, 0) is 27.3 Å². The SMILES string of the molecule is CS(=O)(=O)c1ccc(CN2CC3COCCN3c3nc(-c4cccc5[nH]c(C(F)(F)F)cc45)ncc32)cc1. The summed E-state index contributed by atoms with van der Waals surface area (Å²) in [6.45, 7) is 2.87. The van der Waals surface area contributed by atoms with Gasteiger partial charge in [0.15, 0.2) is 21.5 Å². The maximum Gasteiger partial charge on any atom is 0.431 e. The molecule has 8 nitrogen and oxygen atoms in total. The second-order valence-electron chi connectivity index (χ2n) is 9.57.